The first kappa shape index (κ1) is 15.8. The summed E-state index contributed by atoms with van der Waals surface area (Å²) in [7, 11) is 1.64. The fourth-order valence-corrected chi connectivity index (χ4v) is 2.61. The first-order valence-electron chi connectivity index (χ1n) is 8.03. The monoisotopic (exact) mass is 344 g/mol. The Morgan fingerprint density at radius 1 is 1.04 bits per heavy atom. The first-order chi connectivity index (χ1) is 12.8. The van der Waals surface area contributed by atoms with Gasteiger partial charge in [0.25, 0.3) is 0 Å². The van der Waals surface area contributed by atoms with Gasteiger partial charge in [0.2, 0.25) is 0 Å². The minimum atomic E-state index is 0.584. The molecule has 2 heterocycles. The molecule has 0 saturated carbocycles. The lowest BCUT2D eigenvalue weighted by Crippen LogP contribution is -1.99. The molecule has 2 aromatic heterocycles. The summed E-state index contributed by atoms with van der Waals surface area (Å²) in [6.07, 6.45) is 5.17. The predicted molar refractivity (Wildman–Crippen MR) is 101 cm³/mol. The van der Waals surface area contributed by atoms with Gasteiger partial charge in [0.05, 0.1) is 13.3 Å². The average molecular weight is 344 g/mol. The molecule has 0 aliphatic carbocycles. The summed E-state index contributed by atoms with van der Waals surface area (Å²) in [5.74, 6) is 2.07. The molecule has 0 amide bonds. The molecular formula is C19H16N6O. The zero-order valence-corrected chi connectivity index (χ0v) is 14.0. The molecule has 4 rings (SSSR count). The number of nitrogens with one attached hydrogen (secondary N) is 2. The molecule has 2 N–H and O–H groups in total. The van der Waals surface area contributed by atoms with Gasteiger partial charge in [-0.25, -0.2) is 4.98 Å². The van der Waals surface area contributed by atoms with Crippen molar-refractivity contribution in [3.63, 3.8) is 0 Å². The number of ether oxygens (including phenoxy) is 1. The third kappa shape index (κ3) is 3.10. The summed E-state index contributed by atoms with van der Waals surface area (Å²) in [5, 5.41) is 14.7. The summed E-state index contributed by atoms with van der Waals surface area (Å²) < 4.78 is 5.15. The van der Waals surface area contributed by atoms with Crippen LogP contribution in [0.2, 0.25) is 0 Å². The van der Waals surface area contributed by atoms with E-state index in [0.717, 1.165) is 22.1 Å². The Morgan fingerprint density at radius 2 is 1.85 bits per heavy atom. The standard InChI is InChI=1S/C19H16N6O/c1-26-14-8-6-13(7-9-14)12-22-24-18-16-5-3-2-4-15(16)17(23-25-18)19-20-10-11-21-19/h2-12H,1H3,(H,20,21)(H,24,25)/b22-12-. The maximum Gasteiger partial charge on any atom is 0.176 e. The Labute approximate surface area is 149 Å². The predicted octanol–water partition coefficient (Wildman–Crippen LogP) is 3.47. The normalized spacial score (nSPS) is 11.1. The molecule has 0 spiro atoms. The van der Waals surface area contributed by atoms with Gasteiger partial charge >= 0.3 is 0 Å². The minimum Gasteiger partial charge on any atom is -0.497 e. The number of methoxy groups -OCH3 is 1. The van der Waals surface area contributed by atoms with Gasteiger partial charge in [-0.2, -0.15) is 5.10 Å². The molecule has 0 atom stereocenters. The molecule has 7 nitrogen and oxygen atoms in total. The highest BCUT2D eigenvalue weighted by Gasteiger charge is 2.11. The van der Waals surface area contributed by atoms with Crippen molar-refractivity contribution in [3.8, 4) is 17.3 Å². The van der Waals surface area contributed by atoms with E-state index in [0.29, 0.717) is 17.3 Å². The number of hydrazone groups is 1. The topological polar surface area (TPSA) is 88.1 Å². The van der Waals surface area contributed by atoms with E-state index in [4.69, 9.17) is 4.74 Å². The Balaban J connectivity index is 1.62. The zero-order chi connectivity index (χ0) is 17.8. The van der Waals surface area contributed by atoms with Crippen LogP contribution in [-0.2, 0) is 0 Å². The van der Waals surface area contributed by atoms with Crippen molar-refractivity contribution < 1.29 is 4.74 Å². The summed E-state index contributed by atoms with van der Waals surface area (Å²) in [4.78, 5) is 7.33. The first-order valence-corrected chi connectivity index (χ1v) is 8.03. The number of rotatable bonds is 5. The molecule has 4 aromatic rings. The molecular weight excluding hydrogens is 328 g/mol. The number of hydrogen-bond acceptors (Lipinski definition) is 6. The average Bonchev–Trinajstić information content (AvgIpc) is 3.23. The highest BCUT2D eigenvalue weighted by Crippen LogP contribution is 2.27. The Hall–Kier alpha value is -3.74. The maximum atomic E-state index is 5.15. The third-order valence-electron chi connectivity index (χ3n) is 3.91. The molecule has 0 unspecified atom stereocenters. The summed E-state index contributed by atoms with van der Waals surface area (Å²) in [6.45, 7) is 0. The number of anilines is 1. The van der Waals surface area contributed by atoms with Gasteiger partial charge in [-0.1, -0.05) is 24.3 Å². The molecule has 0 bridgehead atoms. The summed E-state index contributed by atoms with van der Waals surface area (Å²) in [5.41, 5.74) is 4.62. The molecule has 128 valence electrons. The SMILES string of the molecule is COc1ccc(/C=N\Nc2nnc(-c3ncc[nH]3)c3ccccc23)cc1. The van der Waals surface area contributed by atoms with Crippen LogP contribution in [0.25, 0.3) is 22.3 Å². The van der Waals surface area contributed by atoms with Gasteiger partial charge in [-0.05, 0) is 29.8 Å². The van der Waals surface area contributed by atoms with E-state index in [1.807, 2.05) is 48.5 Å². The van der Waals surface area contributed by atoms with E-state index >= 15 is 0 Å². The van der Waals surface area contributed by atoms with E-state index in [1.54, 1.807) is 25.7 Å². The number of benzene rings is 2. The van der Waals surface area contributed by atoms with Crippen molar-refractivity contribution in [2.45, 2.75) is 0 Å². The number of hydrogen-bond donors (Lipinski definition) is 2. The van der Waals surface area contributed by atoms with Gasteiger partial charge in [-0.15, -0.1) is 10.2 Å². The molecule has 0 fully saturated rings. The van der Waals surface area contributed by atoms with Crippen molar-refractivity contribution >= 4 is 22.8 Å². The summed E-state index contributed by atoms with van der Waals surface area (Å²) >= 11 is 0. The second-order valence-electron chi connectivity index (χ2n) is 5.52. The molecule has 0 radical (unpaired) electrons. The van der Waals surface area contributed by atoms with E-state index < -0.39 is 0 Å². The fourth-order valence-electron chi connectivity index (χ4n) is 2.61. The van der Waals surface area contributed by atoms with Crippen LogP contribution >= 0.6 is 0 Å². The van der Waals surface area contributed by atoms with Crippen LogP contribution in [0.15, 0.2) is 66.0 Å². The lowest BCUT2D eigenvalue weighted by atomic mass is 10.1. The number of H-pyrrole nitrogens is 1. The number of nitrogens with zero attached hydrogens (tertiary/aromatic N) is 4. The van der Waals surface area contributed by atoms with Crippen molar-refractivity contribution in [3.05, 3.63) is 66.5 Å². The van der Waals surface area contributed by atoms with Gasteiger partial charge in [0.1, 0.15) is 11.4 Å². The van der Waals surface area contributed by atoms with Crippen molar-refractivity contribution in [2.75, 3.05) is 12.5 Å². The largest absolute Gasteiger partial charge is 0.497 e. The maximum absolute atomic E-state index is 5.15. The molecule has 0 aliphatic heterocycles. The van der Waals surface area contributed by atoms with Gasteiger partial charge < -0.3 is 9.72 Å². The molecule has 0 aliphatic rings. The Morgan fingerprint density at radius 3 is 2.58 bits per heavy atom. The molecule has 26 heavy (non-hydrogen) atoms. The minimum absolute atomic E-state index is 0.584. The second-order valence-corrected chi connectivity index (χ2v) is 5.52. The van der Waals surface area contributed by atoms with Crippen molar-refractivity contribution in [1.82, 2.24) is 20.2 Å². The lowest BCUT2D eigenvalue weighted by molar-refractivity contribution is 0.415. The molecule has 7 heteroatoms. The quantitative estimate of drug-likeness (QED) is 0.427. The summed E-state index contributed by atoms with van der Waals surface area (Å²) in [6, 6.07) is 15.5. The van der Waals surface area contributed by atoms with Gasteiger partial charge in [0.15, 0.2) is 11.6 Å². The van der Waals surface area contributed by atoms with Gasteiger partial charge in [-0.3, -0.25) is 5.43 Å². The highest BCUT2D eigenvalue weighted by molar-refractivity contribution is 5.99. The fraction of sp³-hybridized carbons (Fsp3) is 0.0526. The van der Waals surface area contributed by atoms with Crippen LogP contribution in [0, 0.1) is 0 Å². The highest BCUT2D eigenvalue weighted by atomic mass is 16.5. The second kappa shape index (κ2) is 7.02. The lowest BCUT2D eigenvalue weighted by Gasteiger charge is -2.07. The van der Waals surface area contributed by atoms with Crippen molar-refractivity contribution in [1.29, 1.82) is 0 Å². The Kier molecular flexibility index (Phi) is 4.26. The number of imidazole rings is 1. The van der Waals surface area contributed by atoms with E-state index in [2.05, 4.69) is 30.7 Å². The van der Waals surface area contributed by atoms with E-state index in [9.17, 15) is 0 Å². The van der Waals surface area contributed by atoms with Crippen molar-refractivity contribution in [2.24, 2.45) is 5.10 Å². The van der Waals surface area contributed by atoms with Crippen LogP contribution in [0.3, 0.4) is 0 Å². The Bertz CT molecular complexity index is 1040. The van der Waals surface area contributed by atoms with E-state index in [-0.39, 0.29) is 0 Å². The molecule has 0 saturated heterocycles. The van der Waals surface area contributed by atoms with E-state index in [1.165, 1.54) is 0 Å². The van der Waals surface area contributed by atoms with Crippen LogP contribution in [0.1, 0.15) is 5.56 Å². The zero-order valence-electron chi connectivity index (χ0n) is 14.0. The number of aromatic nitrogens is 4. The van der Waals surface area contributed by atoms with Crippen LogP contribution in [-0.4, -0.2) is 33.5 Å². The van der Waals surface area contributed by atoms with Crippen LogP contribution in [0.4, 0.5) is 5.82 Å². The molecule has 2 aromatic carbocycles. The smallest absolute Gasteiger partial charge is 0.176 e. The van der Waals surface area contributed by atoms with Crippen LogP contribution in [0.5, 0.6) is 5.75 Å². The number of fused-ring (bicyclic) bond motifs is 1. The van der Waals surface area contributed by atoms with Crippen LogP contribution < -0.4 is 10.2 Å². The van der Waals surface area contributed by atoms with Gasteiger partial charge in [0, 0.05) is 23.2 Å². The third-order valence-corrected chi connectivity index (χ3v) is 3.91. The number of aromatic amines is 1.